The Morgan fingerprint density at radius 1 is 1.40 bits per heavy atom. The first kappa shape index (κ1) is 18.8. The van der Waals surface area contributed by atoms with Gasteiger partial charge in [-0.1, -0.05) is 0 Å². The summed E-state index contributed by atoms with van der Waals surface area (Å²) in [5.41, 5.74) is 1.60. The number of nitrogens with one attached hydrogen (secondary N) is 2. The molecule has 8 nitrogen and oxygen atoms in total. The molecule has 0 saturated heterocycles. The van der Waals surface area contributed by atoms with E-state index >= 15 is 0 Å². The molecule has 25 heavy (non-hydrogen) atoms. The molecule has 1 amide bonds. The summed E-state index contributed by atoms with van der Waals surface area (Å²) >= 11 is 0. The van der Waals surface area contributed by atoms with Crippen LogP contribution in [0.25, 0.3) is 10.9 Å². The summed E-state index contributed by atoms with van der Waals surface area (Å²) in [5, 5.41) is 6.16. The Morgan fingerprint density at radius 2 is 2.12 bits per heavy atom. The average Bonchev–Trinajstić information content (AvgIpc) is 2.55. The van der Waals surface area contributed by atoms with Crippen molar-refractivity contribution in [2.45, 2.75) is 26.4 Å². The van der Waals surface area contributed by atoms with Gasteiger partial charge in [-0.25, -0.2) is 0 Å². The molecule has 0 spiro atoms. The standard InChI is InChI=1S/C16H21BN4O4/c1-9-11(7-18-8-17-24)5-6-12-13(9)15(23)25-16(20-12)19-10(2)14(22)21(3)4/h5-6,10,18H,7-8H2,1-4H3,(H,19,20). The van der Waals surface area contributed by atoms with Crippen molar-refractivity contribution in [2.75, 3.05) is 25.9 Å². The summed E-state index contributed by atoms with van der Waals surface area (Å²) in [6.07, 6.45) is 0.241. The number of aryl methyl sites for hydroxylation is 1. The van der Waals surface area contributed by atoms with Crippen molar-refractivity contribution in [3.8, 4) is 0 Å². The molecule has 1 atom stereocenters. The molecule has 132 valence electrons. The van der Waals surface area contributed by atoms with Crippen molar-refractivity contribution in [3.05, 3.63) is 33.7 Å². The Kier molecular flexibility index (Phi) is 6.03. The molecule has 0 radical (unpaired) electrons. The van der Waals surface area contributed by atoms with Gasteiger partial charge in [-0.15, -0.1) is 0 Å². The number of anilines is 1. The number of fused-ring (bicyclic) bond motifs is 1. The van der Waals surface area contributed by atoms with E-state index < -0.39 is 11.7 Å². The minimum atomic E-state index is -0.573. The van der Waals surface area contributed by atoms with Crippen molar-refractivity contribution in [1.82, 2.24) is 15.2 Å². The zero-order valence-corrected chi connectivity index (χ0v) is 14.8. The zero-order chi connectivity index (χ0) is 18.6. The molecule has 1 aromatic carbocycles. The summed E-state index contributed by atoms with van der Waals surface area (Å²) in [5.74, 6) is -0.155. The van der Waals surface area contributed by atoms with Gasteiger partial charge in [0.2, 0.25) is 0 Å². The van der Waals surface area contributed by atoms with Crippen LogP contribution < -0.4 is 16.3 Å². The molecule has 0 aliphatic heterocycles. The van der Waals surface area contributed by atoms with Gasteiger partial charge >= 0.3 is 121 Å². The maximum absolute atomic E-state index is 12.4. The number of nitrogens with zero attached hydrogens (tertiary/aromatic N) is 2. The van der Waals surface area contributed by atoms with Gasteiger partial charge in [0, 0.05) is 14.1 Å². The molecule has 2 rings (SSSR count). The molecule has 1 unspecified atom stereocenters. The van der Waals surface area contributed by atoms with E-state index in [0.29, 0.717) is 17.4 Å². The Hall–Kier alpha value is -2.55. The number of amides is 1. The molecule has 0 aliphatic carbocycles. The van der Waals surface area contributed by atoms with E-state index in [2.05, 4.69) is 15.6 Å². The Balaban J connectivity index is 2.33. The van der Waals surface area contributed by atoms with E-state index in [1.165, 1.54) is 4.90 Å². The van der Waals surface area contributed by atoms with Crippen molar-refractivity contribution in [3.63, 3.8) is 0 Å². The summed E-state index contributed by atoms with van der Waals surface area (Å²) in [4.78, 5) is 30.0. The second-order valence-corrected chi connectivity index (χ2v) is 5.95. The molecule has 9 heteroatoms. The van der Waals surface area contributed by atoms with Crippen molar-refractivity contribution in [1.29, 1.82) is 0 Å². The van der Waals surface area contributed by atoms with E-state index in [1.54, 1.807) is 27.1 Å². The fraction of sp³-hybridized carbons (Fsp3) is 0.438. The second kappa shape index (κ2) is 8.02. The van der Waals surface area contributed by atoms with Gasteiger partial charge in [-0.3, -0.25) is 4.79 Å². The number of aromatic nitrogens is 1. The van der Waals surface area contributed by atoms with Crippen LogP contribution in [-0.4, -0.2) is 49.5 Å². The van der Waals surface area contributed by atoms with Crippen molar-refractivity contribution >= 4 is 30.0 Å². The third-order valence-electron chi connectivity index (χ3n) is 3.86. The predicted molar refractivity (Wildman–Crippen MR) is 94.9 cm³/mol. The number of carbonyl (C=O) groups excluding carboxylic acids is 1. The van der Waals surface area contributed by atoms with Crippen LogP contribution in [0.15, 0.2) is 21.3 Å². The fourth-order valence-electron chi connectivity index (χ4n) is 2.52. The average molecular weight is 344 g/mol. The number of hydrogen-bond donors (Lipinski definition) is 2. The molecule has 0 bridgehead atoms. The first-order valence-electron chi connectivity index (χ1n) is 7.90. The second-order valence-electron chi connectivity index (χ2n) is 5.95. The molecule has 2 aromatic rings. The van der Waals surface area contributed by atoms with E-state index in [1.807, 2.05) is 13.0 Å². The molecule has 0 fully saturated rings. The SMILES string of the molecule is Cc1c(CNCB=O)ccc2nc(NC(C)C(=O)N(C)C)oc(=O)c12. The summed E-state index contributed by atoms with van der Waals surface area (Å²) < 4.78 is 15.6. The zero-order valence-electron chi connectivity index (χ0n) is 14.8. The first-order valence-corrected chi connectivity index (χ1v) is 7.90. The van der Waals surface area contributed by atoms with Gasteiger partial charge < -0.3 is 4.90 Å². The quantitative estimate of drug-likeness (QED) is 0.556. The van der Waals surface area contributed by atoms with Crippen LogP contribution in [0.2, 0.25) is 0 Å². The van der Waals surface area contributed by atoms with Crippen LogP contribution in [0.5, 0.6) is 0 Å². The van der Waals surface area contributed by atoms with E-state index in [9.17, 15) is 14.3 Å². The van der Waals surface area contributed by atoms with E-state index in [-0.39, 0.29) is 18.4 Å². The monoisotopic (exact) mass is 344 g/mol. The Bertz CT molecular complexity index is 850. The predicted octanol–water partition coefficient (Wildman–Crippen LogP) is 0.482. The molecular formula is C16H21BN4O4. The Labute approximate surface area is 145 Å². The summed E-state index contributed by atoms with van der Waals surface area (Å²) in [6.45, 7) is 3.94. The molecular weight excluding hydrogens is 323 g/mol. The van der Waals surface area contributed by atoms with Crippen LogP contribution in [0.3, 0.4) is 0 Å². The summed E-state index contributed by atoms with van der Waals surface area (Å²) in [6, 6.07) is 3.00. The van der Waals surface area contributed by atoms with Gasteiger partial charge in [0.25, 0.3) is 0 Å². The molecule has 2 N–H and O–H groups in total. The van der Waals surface area contributed by atoms with Crippen LogP contribution >= 0.6 is 0 Å². The van der Waals surface area contributed by atoms with Crippen LogP contribution in [-0.2, 0) is 16.0 Å². The molecule has 1 aromatic heterocycles. The van der Waals surface area contributed by atoms with Crippen LogP contribution in [0, 0.1) is 6.92 Å². The van der Waals surface area contributed by atoms with Gasteiger partial charge in [-0.05, 0) is 0 Å². The molecule has 0 aliphatic rings. The van der Waals surface area contributed by atoms with Crippen molar-refractivity contribution < 1.29 is 13.9 Å². The fourth-order valence-corrected chi connectivity index (χ4v) is 2.52. The van der Waals surface area contributed by atoms with Crippen LogP contribution in [0.4, 0.5) is 6.01 Å². The molecule has 0 saturated carbocycles. The van der Waals surface area contributed by atoms with Gasteiger partial charge in [0.05, 0.1) is 0 Å². The normalized spacial score (nSPS) is 11.8. The minimum absolute atomic E-state index is 0.00595. The third kappa shape index (κ3) is 4.30. The summed E-state index contributed by atoms with van der Waals surface area (Å²) in [7, 11) is 4.07. The Morgan fingerprint density at radius 3 is 2.76 bits per heavy atom. The van der Waals surface area contributed by atoms with Crippen LogP contribution in [0.1, 0.15) is 18.1 Å². The number of benzene rings is 1. The topological polar surface area (TPSA) is 105 Å². The number of likely N-dealkylation sites (N-methyl/N-ethyl adjacent to an activating group) is 1. The first-order chi connectivity index (χ1) is 11.8. The molecule has 1 heterocycles. The third-order valence-corrected chi connectivity index (χ3v) is 3.86. The number of hydrogen-bond acceptors (Lipinski definition) is 7. The number of carbonyl (C=O) groups is 1. The maximum atomic E-state index is 12.4. The van der Waals surface area contributed by atoms with E-state index in [0.717, 1.165) is 18.3 Å². The van der Waals surface area contributed by atoms with Gasteiger partial charge in [-0.2, -0.15) is 0 Å². The van der Waals surface area contributed by atoms with Gasteiger partial charge in [0.15, 0.2) is 0 Å². The number of rotatable bonds is 7. The van der Waals surface area contributed by atoms with Crippen molar-refractivity contribution in [2.24, 2.45) is 0 Å². The van der Waals surface area contributed by atoms with Gasteiger partial charge in [0.1, 0.15) is 0 Å². The van der Waals surface area contributed by atoms with E-state index in [4.69, 9.17) is 4.42 Å².